The highest BCUT2D eigenvalue weighted by molar-refractivity contribution is 7.89. The molecule has 2 aromatic carbocycles. The van der Waals surface area contributed by atoms with Crippen LogP contribution in [0.25, 0.3) is 0 Å². The van der Waals surface area contributed by atoms with Gasteiger partial charge in [-0.05, 0) is 61.2 Å². The Morgan fingerprint density at radius 1 is 1.12 bits per heavy atom. The summed E-state index contributed by atoms with van der Waals surface area (Å²) in [5, 5.41) is 2.59. The lowest BCUT2D eigenvalue weighted by Crippen LogP contribution is -2.37. The zero-order valence-electron chi connectivity index (χ0n) is 14.5. The number of amides is 1. The number of rotatable bonds is 4. The minimum atomic E-state index is -3.54. The molecule has 26 heavy (non-hydrogen) atoms. The average Bonchev–Trinajstić information content (AvgIpc) is 2.62. The second-order valence-corrected chi connectivity index (χ2v) is 8.51. The van der Waals surface area contributed by atoms with Gasteiger partial charge in [-0.2, -0.15) is 4.31 Å². The van der Waals surface area contributed by atoms with Crippen molar-refractivity contribution in [1.29, 1.82) is 0 Å². The van der Waals surface area contributed by atoms with Crippen molar-refractivity contribution in [2.75, 3.05) is 18.4 Å². The maximum absolute atomic E-state index is 13.2. The van der Waals surface area contributed by atoms with Crippen molar-refractivity contribution in [3.63, 3.8) is 0 Å². The lowest BCUT2D eigenvalue weighted by atomic mass is 10.0. The van der Waals surface area contributed by atoms with Crippen LogP contribution in [-0.4, -0.2) is 31.7 Å². The molecule has 0 spiro atoms. The van der Waals surface area contributed by atoms with Crippen LogP contribution in [0.4, 0.5) is 10.1 Å². The number of halogens is 1. The molecular weight excluding hydrogens is 355 g/mol. The van der Waals surface area contributed by atoms with Crippen LogP contribution in [0, 0.1) is 11.7 Å². The molecule has 5 nitrogen and oxygen atoms in total. The molecule has 2 aromatic rings. The summed E-state index contributed by atoms with van der Waals surface area (Å²) >= 11 is 0. The van der Waals surface area contributed by atoms with E-state index >= 15 is 0 Å². The van der Waals surface area contributed by atoms with Crippen molar-refractivity contribution < 1.29 is 17.6 Å². The maximum Gasteiger partial charge on any atom is 0.255 e. The quantitative estimate of drug-likeness (QED) is 0.888. The van der Waals surface area contributed by atoms with Crippen molar-refractivity contribution in [3.8, 4) is 0 Å². The van der Waals surface area contributed by atoms with E-state index in [0.29, 0.717) is 30.3 Å². The molecule has 1 saturated heterocycles. The predicted octanol–water partition coefficient (Wildman–Crippen LogP) is 3.50. The Morgan fingerprint density at radius 3 is 2.38 bits per heavy atom. The number of anilines is 1. The van der Waals surface area contributed by atoms with Crippen molar-refractivity contribution in [2.45, 2.75) is 24.7 Å². The van der Waals surface area contributed by atoms with Crippen LogP contribution < -0.4 is 5.32 Å². The van der Waals surface area contributed by atoms with E-state index in [4.69, 9.17) is 0 Å². The summed E-state index contributed by atoms with van der Waals surface area (Å²) in [4.78, 5) is 12.4. The maximum atomic E-state index is 13.2. The lowest BCUT2D eigenvalue weighted by Gasteiger charge is -2.29. The number of carbonyl (C=O) groups is 1. The Bertz CT molecular complexity index is 889. The van der Waals surface area contributed by atoms with E-state index in [2.05, 4.69) is 12.2 Å². The fraction of sp³-hybridized carbons (Fsp3) is 0.316. The normalized spacial score (nSPS) is 16.4. The molecular formula is C19H21FN2O3S. The monoisotopic (exact) mass is 376 g/mol. The zero-order valence-corrected chi connectivity index (χ0v) is 15.3. The van der Waals surface area contributed by atoms with Crippen molar-refractivity contribution >= 4 is 21.6 Å². The van der Waals surface area contributed by atoms with E-state index in [1.165, 1.54) is 46.8 Å². The van der Waals surface area contributed by atoms with Crippen molar-refractivity contribution in [3.05, 3.63) is 59.9 Å². The third-order valence-corrected chi connectivity index (χ3v) is 6.49. The van der Waals surface area contributed by atoms with Crippen LogP contribution in [0.15, 0.2) is 53.4 Å². The molecule has 3 rings (SSSR count). The van der Waals surface area contributed by atoms with E-state index in [-0.39, 0.29) is 4.90 Å². The Kier molecular flexibility index (Phi) is 5.38. The molecule has 1 amide bonds. The Balaban J connectivity index is 1.72. The highest BCUT2D eigenvalue weighted by Crippen LogP contribution is 2.23. The number of sulfonamides is 1. The van der Waals surface area contributed by atoms with Gasteiger partial charge >= 0.3 is 0 Å². The van der Waals surface area contributed by atoms with E-state index in [9.17, 15) is 17.6 Å². The standard InChI is InChI=1S/C19H21FN2O3S/c1-14-9-11-22(12-10-14)26(24,25)18-7-5-15(6-8-18)19(23)21-17-4-2-3-16(20)13-17/h2-8,13-14H,9-12H2,1H3,(H,21,23). The fourth-order valence-corrected chi connectivity index (χ4v) is 4.39. The molecule has 138 valence electrons. The SMILES string of the molecule is CC1CCN(S(=O)(=O)c2ccc(C(=O)Nc3cccc(F)c3)cc2)CC1. The summed E-state index contributed by atoms with van der Waals surface area (Å²) in [6.45, 7) is 3.16. The first-order valence-corrected chi connectivity index (χ1v) is 9.97. The summed E-state index contributed by atoms with van der Waals surface area (Å²) in [7, 11) is -3.54. The Hall–Kier alpha value is -2.25. The number of piperidine rings is 1. The summed E-state index contributed by atoms with van der Waals surface area (Å²) in [6, 6.07) is 11.4. The third-order valence-electron chi connectivity index (χ3n) is 4.58. The van der Waals surface area contributed by atoms with Gasteiger partial charge in [0.05, 0.1) is 4.90 Å². The highest BCUT2D eigenvalue weighted by atomic mass is 32.2. The van der Waals surface area contributed by atoms with Crippen LogP contribution in [0.1, 0.15) is 30.1 Å². The molecule has 0 unspecified atom stereocenters. The molecule has 0 radical (unpaired) electrons. The number of hydrogen-bond acceptors (Lipinski definition) is 3. The number of benzene rings is 2. The molecule has 0 bridgehead atoms. The summed E-state index contributed by atoms with van der Waals surface area (Å²) in [6.07, 6.45) is 1.71. The molecule has 1 aliphatic heterocycles. The Labute approximate surface area is 152 Å². The van der Waals surface area contributed by atoms with Crippen LogP contribution in [-0.2, 0) is 10.0 Å². The first-order valence-electron chi connectivity index (χ1n) is 8.53. The van der Waals surface area contributed by atoms with Gasteiger partial charge in [0.1, 0.15) is 5.82 Å². The van der Waals surface area contributed by atoms with Gasteiger partial charge in [-0.3, -0.25) is 4.79 Å². The van der Waals surface area contributed by atoms with Crippen LogP contribution in [0.5, 0.6) is 0 Å². The molecule has 1 aliphatic rings. The molecule has 0 aromatic heterocycles. The van der Waals surface area contributed by atoms with Crippen molar-refractivity contribution in [1.82, 2.24) is 4.31 Å². The van der Waals surface area contributed by atoms with Gasteiger partial charge in [-0.1, -0.05) is 13.0 Å². The number of carbonyl (C=O) groups excluding carboxylic acids is 1. The van der Waals surface area contributed by atoms with Crippen molar-refractivity contribution in [2.24, 2.45) is 5.92 Å². The molecule has 1 N–H and O–H groups in total. The number of nitrogens with one attached hydrogen (secondary N) is 1. The van der Waals surface area contributed by atoms with Gasteiger partial charge in [-0.15, -0.1) is 0 Å². The minimum absolute atomic E-state index is 0.175. The summed E-state index contributed by atoms with van der Waals surface area (Å²) in [5.41, 5.74) is 0.648. The zero-order chi connectivity index (χ0) is 18.7. The average molecular weight is 376 g/mol. The van der Waals surface area contributed by atoms with E-state index in [0.717, 1.165) is 12.8 Å². The van der Waals surface area contributed by atoms with Crippen LogP contribution >= 0.6 is 0 Å². The first-order chi connectivity index (χ1) is 12.4. The second-order valence-electron chi connectivity index (χ2n) is 6.58. The largest absolute Gasteiger partial charge is 0.322 e. The first kappa shape index (κ1) is 18.5. The predicted molar refractivity (Wildman–Crippen MR) is 98.0 cm³/mol. The molecule has 0 aliphatic carbocycles. The van der Waals surface area contributed by atoms with Gasteiger partial charge in [0.15, 0.2) is 0 Å². The third kappa shape index (κ3) is 4.11. The molecule has 1 heterocycles. The topological polar surface area (TPSA) is 66.5 Å². The van der Waals surface area contributed by atoms with Gasteiger partial charge in [0.25, 0.3) is 5.91 Å². The van der Waals surface area contributed by atoms with Gasteiger partial charge in [0.2, 0.25) is 10.0 Å². The minimum Gasteiger partial charge on any atom is -0.322 e. The van der Waals surface area contributed by atoms with Crippen LogP contribution in [0.3, 0.4) is 0 Å². The number of nitrogens with zero attached hydrogens (tertiary/aromatic N) is 1. The van der Waals surface area contributed by atoms with Gasteiger partial charge < -0.3 is 5.32 Å². The molecule has 0 saturated carbocycles. The lowest BCUT2D eigenvalue weighted by molar-refractivity contribution is 0.102. The van der Waals surface area contributed by atoms with Gasteiger partial charge in [0, 0.05) is 24.3 Å². The fourth-order valence-electron chi connectivity index (χ4n) is 2.92. The highest BCUT2D eigenvalue weighted by Gasteiger charge is 2.28. The van der Waals surface area contributed by atoms with Crippen LogP contribution in [0.2, 0.25) is 0 Å². The van der Waals surface area contributed by atoms with E-state index in [1.807, 2.05) is 0 Å². The number of hydrogen-bond donors (Lipinski definition) is 1. The van der Waals surface area contributed by atoms with E-state index in [1.54, 1.807) is 6.07 Å². The van der Waals surface area contributed by atoms with Gasteiger partial charge in [-0.25, -0.2) is 12.8 Å². The smallest absolute Gasteiger partial charge is 0.255 e. The summed E-state index contributed by atoms with van der Waals surface area (Å²) in [5.74, 6) is -0.332. The Morgan fingerprint density at radius 2 is 1.77 bits per heavy atom. The second kappa shape index (κ2) is 7.55. The molecule has 1 fully saturated rings. The summed E-state index contributed by atoms with van der Waals surface area (Å²) < 4.78 is 40.1. The molecule has 0 atom stereocenters. The van der Waals surface area contributed by atoms with E-state index < -0.39 is 21.7 Å². The molecule has 7 heteroatoms.